The zero-order valence-electron chi connectivity index (χ0n) is 10.5. The normalized spacial score (nSPS) is 11.6. The lowest BCUT2D eigenvalue weighted by Gasteiger charge is -2.12. The molecule has 3 nitrogen and oxygen atoms in total. The molecule has 0 N–H and O–H groups in total. The van der Waals surface area contributed by atoms with Gasteiger partial charge < -0.3 is 4.74 Å². The summed E-state index contributed by atoms with van der Waals surface area (Å²) in [7, 11) is 1.49. The number of unbranched alkanes of at least 4 members (excludes halogenated alkanes) is 3. The van der Waals surface area contributed by atoms with Crippen LogP contribution in [0.5, 0.6) is 5.75 Å². The van der Waals surface area contributed by atoms with E-state index >= 15 is 0 Å². The van der Waals surface area contributed by atoms with Crippen molar-refractivity contribution < 1.29 is 13.2 Å². The van der Waals surface area contributed by atoms with Crippen molar-refractivity contribution in [1.82, 2.24) is 0 Å². The van der Waals surface area contributed by atoms with Crippen molar-refractivity contribution in [3.8, 4) is 5.75 Å². The molecule has 1 aromatic carbocycles. The van der Waals surface area contributed by atoms with Gasteiger partial charge in [0.05, 0.1) is 11.6 Å². The molecule has 108 valence electrons. The smallest absolute Gasteiger partial charge is 0.265 e. The topological polar surface area (TPSA) is 43.4 Å². The van der Waals surface area contributed by atoms with E-state index in [0.717, 1.165) is 25.7 Å². The molecule has 0 aliphatic carbocycles. The van der Waals surface area contributed by atoms with Gasteiger partial charge in [0.2, 0.25) is 0 Å². The molecule has 0 fully saturated rings. The Morgan fingerprint density at radius 1 is 1.26 bits per heavy atom. The number of ether oxygens (including phenoxy) is 1. The van der Waals surface area contributed by atoms with E-state index in [1.807, 2.05) is 0 Å². The quantitative estimate of drug-likeness (QED) is 0.487. The van der Waals surface area contributed by atoms with E-state index in [9.17, 15) is 8.42 Å². The predicted octanol–water partition coefficient (Wildman–Crippen LogP) is 4.99. The molecule has 0 heterocycles. The van der Waals surface area contributed by atoms with Gasteiger partial charge in [-0.25, -0.2) is 8.42 Å². The van der Waals surface area contributed by atoms with Gasteiger partial charge in [0.15, 0.2) is 5.75 Å². The molecule has 0 atom stereocenters. The third-order valence-corrected chi connectivity index (χ3v) is 4.55. The summed E-state index contributed by atoms with van der Waals surface area (Å²) in [5, 5.41) is 0.226. The first-order valence-corrected chi connectivity index (χ1v) is 9.40. The second-order valence-corrected chi connectivity index (χ2v) is 7.92. The highest BCUT2D eigenvalue weighted by molar-refractivity contribution is 9.10. The molecule has 0 spiro atoms. The molecule has 0 saturated carbocycles. The van der Waals surface area contributed by atoms with Crippen molar-refractivity contribution in [2.24, 2.45) is 0 Å². The summed E-state index contributed by atoms with van der Waals surface area (Å²) >= 11 is 9.18. The van der Waals surface area contributed by atoms with Gasteiger partial charge in [-0.1, -0.05) is 53.7 Å². The van der Waals surface area contributed by atoms with Crippen LogP contribution in [0.4, 0.5) is 0 Å². The van der Waals surface area contributed by atoms with Crippen LogP contribution in [0.15, 0.2) is 21.5 Å². The fourth-order valence-corrected chi connectivity index (χ4v) is 3.63. The van der Waals surface area contributed by atoms with E-state index < -0.39 is 9.05 Å². The second-order valence-electron chi connectivity index (χ2n) is 4.06. The highest BCUT2D eigenvalue weighted by Crippen LogP contribution is 2.37. The summed E-state index contributed by atoms with van der Waals surface area (Å²) in [6.45, 7) is 2.53. The Morgan fingerprint density at radius 3 is 2.53 bits per heavy atom. The maximum atomic E-state index is 11.5. The second kappa shape index (κ2) is 7.72. The zero-order valence-corrected chi connectivity index (χ0v) is 14.4. The molecule has 0 amide bonds. The Labute approximate surface area is 131 Å². The van der Waals surface area contributed by atoms with E-state index in [-0.39, 0.29) is 15.7 Å². The fourth-order valence-electron chi connectivity index (χ4n) is 1.56. The highest BCUT2D eigenvalue weighted by atomic mass is 79.9. The SMILES string of the molecule is CCCCCCOc1c(Cl)cc(Br)cc1S(=O)(=O)Cl. The van der Waals surface area contributed by atoms with E-state index in [4.69, 9.17) is 27.0 Å². The lowest BCUT2D eigenvalue weighted by Crippen LogP contribution is -2.03. The molecule has 0 saturated heterocycles. The molecule has 0 aliphatic heterocycles. The number of halogens is 3. The van der Waals surface area contributed by atoms with Gasteiger partial charge in [0.25, 0.3) is 9.05 Å². The Balaban J connectivity index is 2.87. The summed E-state index contributed by atoms with van der Waals surface area (Å²) in [5.41, 5.74) is 0. The molecule has 7 heteroatoms. The molecule has 0 aromatic heterocycles. The van der Waals surface area contributed by atoms with Crippen LogP contribution in [0.2, 0.25) is 5.02 Å². The monoisotopic (exact) mass is 388 g/mol. The minimum atomic E-state index is -3.89. The molecular formula is C12H15BrCl2O3S. The van der Waals surface area contributed by atoms with Crippen LogP contribution in [0.25, 0.3) is 0 Å². The van der Waals surface area contributed by atoms with Gasteiger partial charge >= 0.3 is 0 Å². The minimum Gasteiger partial charge on any atom is -0.491 e. The van der Waals surface area contributed by atoms with Crippen LogP contribution in [0.1, 0.15) is 32.6 Å². The standard InChI is InChI=1S/C12H15BrCl2O3S/c1-2-3-4-5-6-18-12-10(14)7-9(13)8-11(12)19(15,16)17/h7-8H,2-6H2,1H3. The Kier molecular flexibility index (Phi) is 6.94. The Bertz CT molecular complexity index is 532. The maximum Gasteiger partial charge on any atom is 0.265 e. The minimum absolute atomic E-state index is 0.107. The Morgan fingerprint density at radius 2 is 1.95 bits per heavy atom. The van der Waals surface area contributed by atoms with Gasteiger partial charge in [-0.05, 0) is 18.6 Å². The van der Waals surface area contributed by atoms with Crippen molar-refractivity contribution in [3.05, 3.63) is 21.6 Å². The summed E-state index contributed by atoms with van der Waals surface area (Å²) in [6, 6.07) is 2.96. The molecule has 1 rings (SSSR count). The third kappa shape index (κ3) is 5.50. The van der Waals surface area contributed by atoms with Crippen molar-refractivity contribution in [3.63, 3.8) is 0 Å². The van der Waals surface area contributed by atoms with E-state index in [0.29, 0.717) is 11.1 Å². The van der Waals surface area contributed by atoms with Crippen LogP contribution >= 0.6 is 38.2 Å². The molecule has 1 aromatic rings. The van der Waals surface area contributed by atoms with Gasteiger partial charge in [0, 0.05) is 15.2 Å². The number of hydrogen-bond acceptors (Lipinski definition) is 3. The first-order chi connectivity index (χ1) is 8.86. The average Bonchev–Trinajstić information content (AvgIpc) is 2.29. The third-order valence-electron chi connectivity index (χ3n) is 2.48. The number of benzene rings is 1. The van der Waals surface area contributed by atoms with Crippen LogP contribution in [0.3, 0.4) is 0 Å². The van der Waals surface area contributed by atoms with Crippen molar-refractivity contribution in [1.29, 1.82) is 0 Å². The average molecular weight is 390 g/mol. The van der Waals surface area contributed by atoms with E-state index in [1.165, 1.54) is 6.07 Å². The molecule has 0 aliphatic rings. The predicted molar refractivity (Wildman–Crippen MR) is 81.8 cm³/mol. The molecule has 19 heavy (non-hydrogen) atoms. The first kappa shape index (κ1) is 17.1. The van der Waals surface area contributed by atoms with Crippen LogP contribution < -0.4 is 4.74 Å². The number of rotatable bonds is 7. The fraction of sp³-hybridized carbons (Fsp3) is 0.500. The van der Waals surface area contributed by atoms with Crippen LogP contribution in [-0.4, -0.2) is 15.0 Å². The molecular weight excluding hydrogens is 375 g/mol. The van der Waals surface area contributed by atoms with Gasteiger partial charge in [-0.3, -0.25) is 0 Å². The van der Waals surface area contributed by atoms with Crippen molar-refractivity contribution in [2.45, 2.75) is 37.5 Å². The van der Waals surface area contributed by atoms with Crippen molar-refractivity contribution in [2.75, 3.05) is 6.61 Å². The zero-order chi connectivity index (χ0) is 14.5. The largest absolute Gasteiger partial charge is 0.491 e. The molecule has 0 unspecified atom stereocenters. The first-order valence-electron chi connectivity index (χ1n) is 5.92. The maximum absolute atomic E-state index is 11.5. The summed E-state index contributed by atoms with van der Waals surface area (Å²) in [4.78, 5) is -0.107. The summed E-state index contributed by atoms with van der Waals surface area (Å²) in [5.74, 6) is 0.122. The number of hydrogen-bond donors (Lipinski definition) is 0. The van der Waals surface area contributed by atoms with Crippen LogP contribution in [0, 0.1) is 0 Å². The van der Waals surface area contributed by atoms with Crippen LogP contribution in [-0.2, 0) is 9.05 Å². The van der Waals surface area contributed by atoms with Gasteiger partial charge in [0.1, 0.15) is 4.90 Å². The Hall–Kier alpha value is 0.0300. The lowest BCUT2D eigenvalue weighted by molar-refractivity contribution is 0.298. The lowest BCUT2D eigenvalue weighted by atomic mass is 10.2. The van der Waals surface area contributed by atoms with E-state index in [1.54, 1.807) is 6.07 Å². The van der Waals surface area contributed by atoms with Gasteiger partial charge in [-0.2, -0.15) is 0 Å². The van der Waals surface area contributed by atoms with E-state index in [2.05, 4.69) is 22.9 Å². The summed E-state index contributed by atoms with van der Waals surface area (Å²) < 4.78 is 29.0. The molecule has 0 bridgehead atoms. The highest BCUT2D eigenvalue weighted by Gasteiger charge is 2.20. The molecule has 0 radical (unpaired) electrons. The summed E-state index contributed by atoms with van der Waals surface area (Å²) in [6.07, 6.45) is 4.13. The van der Waals surface area contributed by atoms with Gasteiger partial charge in [-0.15, -0.1) is 0 Å². The van der Waals surface area contributed by atoms with Crippen molar-refractivity contribution >= 4 is 47.3 Å².